The predicted octanol–water partition coefficient (Wildman–Crippen LogP) is 1.79. The Kier molecular flexibility index (Phi) is 5.19. The van der Waals surface area contributed by atoms with Crippen LogP contribution in [0.2, 0.25) is 0 Å². The van der Waals surface area contributed by atoms with Gasteiger partial charge in [-0.25, -0.2) is 4.98 Å². The first-order chi connectivity index (χ1) is 12.0. The Balaban J connectivity index is 1.74. The van der Waals surface area contributed by atoms with Crippen molar-refractivity contribution in [2.75, 3.05) is 31.5 Å². The van der Waals surface area contributed by atoms with E-state index in [9.17, 15) is 9.59 Å². The van der Waals surface area contributed by atoms with E-state index in [-0.39, 0.29) is 11.8 Å². The van der Waals surface area contributed by atoms with Gasteiger partial charge in [0.05, 0.1) is 6.20 Å². The van der Waals surface area contributed by atoms with Gasteiger partial charge >= 0.3 is 0 Å². The molecule has 1 fully saturated rings. The smallest absolute Gasteiger partial charge is 0.291 e. The van der Waals surface area contributed by atoms with E-state index in [0.29, 0.717) is 30.2 Å². The number of hydrogen-bond donors (Lipinski definition) is 2. The fraction of sp³-hybridized carbons (Fsp3) is 0.353. The maximum Gasteiger partial charge on any atom is 0.291 e. The van der Waals surface area contributed by atoms with E-state index in [4.69, 9.17) is 0 Å². The maximum atomic E-state index is 12.6. The number of benzene rings is 1. The van der Waals surface area contributed by atoms with Gasteiger partial charge in [-0.3, -0.25) is 9.59 Å². The molecule has 0 spiro atoms. The molecule has 2 amide bonds. The van der Waals surface area contributed by atoms with Crippen molar-refractivity contribution in [2.45, 2.75) is 6.92 Å². The second-order valence-corrected chi connectivity index (χ2v) is 6.80. The Labute approximate surface area is 154 Å². The lowest BCUT2D eigenvalue weighted by atomic mass is 10.1. The number of halogens is 1. The molecule has 25 heavy (non-hydrogen) atoms. The van der Waals surface area contributed by atoms with Crippen LogP contribution < -0.4 is 10.6 Å². The van der Waals surface area contributed by atoms with Gasteiger partial charge in [0, 0.05) is 44.5 Å². The maximum absolute atomic E-state index is 12.6. The summed E-state index contributed by atoms with van der Waals surface area (Å²) in [5.74, 6) is 0.0455. The van der Waals surface area contributed by atoms with Gasteiger partial charge in [0.15, 0.2) is 5.82 Å². The number of amides is 2. The minimum atomic E-state index is -0.297. The van der Waals surface area contributed by atoms with Crippen molar-refractivity contribution in [3.8, 4) is 0 Å². The van der Waals surface area contributed by atoms with E-state index in [0.717, 1.165) is 23.3 Å². The van der Waals surface area contributed by atoms with Gasteiger partial charge in [0.1, 0.15) is 4.60 Å². The van der Waals surface area contributed by atoms with Gasteiger partial charge < -0.3 is 20.1 Å². The lowest BCUT2D eigenvalue weighted by Gasteiger charge is -2.28. The van der Waals surface area contributed by atoms with Crippen molar-refractivity contribution in [1.29, 1.82) is 0 Å². The average molecular weight is 406 g/mol. The number of rotatable bonds is 3. The van der Waals surface area contributed by atoms with Crippen molar-refractivity contribution in [3.05, 3.63) is 46.0 Å². The van der Waals surface area contributed by atoms with Crippen LogP contribution in [0.25, 0.3) is 0 Å². The summed E-state index contributed by atoms with van der Waals surface area (Å²) in [5.41, 5.74) is 2.14. The third-order valence-electron chi connectivity index (χ3n) is 4.25. The van der Waals surface area contributed by atoms with E-state index in [1.165, 1.54) is 0 Å². The fourth-order valence-corrected chi connectivity index (χ4v) is 3.08. The molecule has 0 aliphatic carbocycles. The lowest BCUT2D eigenvalue weighted by molar-refractivity contribution is 0.0735. The minimum Gasteiger partial charge on any atom is -0.336 e. The largest absolute Gasteiger partial charge is 0.336 e. The molecule has 1 saturated heterocycles. The van der Waals surface area contributed by atoms with Crippen LogP contribution in [0.1, 0.15) is 26.5 Å². The van der Waals surface area contributed by atoms with Crippen LogP contribution in [0.15, 0.2) is 29.0 Å². The topological polar surface area (TPSA) is 79.3 Å². The summed E-state index contributed by atoms with van der Waals surface area (Å²) in [5, 5.41) is 6.06. The molecule has 1 aromatic heterocycles. The standard InChI is InChI=1S/C17H20BrN5O2/c1-11-9-12(21-16(24)15-20-10-14(18)22(15)2)3-4-13(11)17(25)23-7-5-19-6-8-23/h3-4,9-10,19H,5-8H2,1-2H3,(H,21,24). The molecule has 1 aliphatic heterocycles. The van der Waals surface area contributed by atoms with Crippen molar-refractivity contribution < 1.29 is 9.59 Å². The molecule has 7 nitrogen and oxygen atoms in total. The monoisotopic (exact) mass is 405 g/mol. The molecule has 132 valence electrons. The molecular formula is C17H20BrN5O2. The highest BCUT2D eigenvalue weighted by Crippen LogP contribution is 2.19. The van der Waals surface area contributed by atoms with Gasteiger partial charge in [-0.2, -0.15) is 0 Å². The van der Waals surface area contributed by atoms with Crippen LogP contribution in [-0.4, -0.2) is 52.4 Å². The quantitative estimate of drug-likeness (QED) is 0.815. The molecule has 2 aromatic rings. The number of piperazine rings is 1. The zero-order valence-corrected chi connectivity index (χ0v) is 15.8. The summed E-state index contributed by atoms with van der Waals surface area (Å²) in [6.45, 7) is 4.94. The number of anilines is 1. The SMILES string of the molecule is Cc1cc(NC(=O)c2ncc(Br)n2C)ccc1C(=O)N1CCNCC1. The van der Waals surface area contributed by atoms with Crippen molar-refractivity contribution in [2.24, 2.45) is 7.05 Å². The van der Waals surface area contributed by atoms with E-state index in [2.05, 4.69) is 31.5 Å². The number of imidazole rings is 1. The summed E-state index contributed by atoms with van der Waals surface area (Å²) in [7, 11) is 1.76. The number of aromatic nitrogens is 2. The molecule has 8 heteroatoms. The molecular weight excluding hydrogens is 386 g/mol. The summed E-state index contributed by atoms with van der Waals surface area (Å²) in [6, 6.07) is 5.33. The normalized spacial score (nSPS) is 14.4. The first-order valence-electron chi connectivity index (χ1n) is 8.06. The Morgan fingerprint density at radius 2 is 2.00 bits per heavy atom. The van der Waals surface area contributed by atoms with Crippen LogP contribution in [0, 0.1) is 6.92 Å². The van der Waals surface area contributed by atoms with E-state index in [1.807, 2.05) is 17.9 Å². The minimum absolute atomic E-state index is 0.0323. The van der Waals surface area contributed by atoms with Gasteiger partial charge in [0.2, 0.25) is 0 Å². The van der Waals surface area contributed by atoms with Gasteiger partial charge in [0.25, 0.3) is 11.8 Å². The number of carbonyl (C=O) groups is 2. The van der Waals surface area contributed by atoms with Crippen LogP contribution in [0.5, 0.6) is 0 Å². The average Bonchev–Trinajstić information content (AvgIpc) is 2.94. The van der Waals surface area contributed by atoms with E-state index >= 15 is 0 Å². The molecule has 0 saturated carbocycles. The number of carbonyl (C=O) groups excluding carboxylic acids is 2. The third kappa shape index (κ3) is 3.74. The first kappa shape index (κ1) is 17.6. The second-order valence-electron chi connectivity index (χ2n) is 5.99. The Hall–Kier alpha value is -2.19. The molecule has 1 aromatic carbocycles. The molecule has 2 N–H and O–H groups in total. The summed E-state index contributed by atoms with van der Waals surface area (Å²) >= 11 is 3.32. The van der Waals surface area contributed by atoms with Gasteiger partial charge in [-0.05, 0) is 46.6 Å². The summed E-state index contributed by atoms with van der Waals surface area (Å²) in [4.78, 5) is 30.9. The Morgan fingerprint density at radius 1 is 1.28 bits per heavy atom. The number of aryl methyl sites for hydroxylation is 1. The van der Waals surface area contributed by atoms with E-state index < -0.39 is 0 Å². The number of hydrogen-bond acceptors (Lipinski definition) is 4. The van der Waals surface area contributed by atoms with Gasteiger partial charge in [-0.15, -0.1) is 0 Å². The molecule has 2 heterocycles. The van der Waals surface area contributed by atoms with Crippen LogP contribution in [0.3, 0.4) is 0 Å². The molecule has 0 atom stereocenters. The van der Waals surface area contributed by atoms with Crippen LogP contribution >= 0.6 is 15.9 Å². The summed E-state index contributed by atoms with van der Waals surface area (Å²) < 4.78 is 2.38. The predicted molar refractivity (Wildman–Crippen MR) is 98.8 cm³/mol. The zero-order valence-electron chi connectivity index (χ0n) is 14.2. The number of nitrogens with one attached hydrogen (secondary N) is 2. The second kappa shape index (κ2) is 7.37. The summed E-state index contributed by atoms with van der Waals surface area (Å²) in [6.07, 6.45) is 1.58. The van der Waals surface area contributed by atoms with E-state index in [1.54, 1.807) is 29.9 Å². The van der Waals surface area contributed by atoms with Gasteiger partial charge in [-0.1, -0.05) is 0 Å². The lowest BCUT2D eigenvalue weighted by Crippen LogP contribution is -2.46. The number of nitrogens with zero attached hydrogens (tertiary/aromatic N) is 3. The zero-order chi connectivity index (χ0) is 18.0. The Bertz CT molecular complexity index is 811. The van der Waals surface area contributed by atoms with Crippen molar-refractivity contribution in [3.63, 3.8) is 0 Å². The molecule has 0 radical (unpaired) electrons. The molecule has 0 bridgehead atoms. The highest BCUT2D eigenvalue weighted by Gasteiger charge is 2.20. The first-order valence-corrected chi connectivity index (χ1v) is 8.86. The Morgan fingerprint density at radius 3 is 2.60 bits per heavy atom. The highest BCUT2D eigenvalue weighted by molar-refractivity contribution is 9.10. The van der Waals surface area contributed by atoms with Crippen molar-refractivity contribution in [1.82, 2.24) is 19.8 Å². The van der Waals surface area contributed by atoms with Crippen LogP contribution in [-0.2, 0) is 7.05 Å². The van der Waals surface area contributed by atoms with Crippen LogP contribution in [0.4, 0.5) is 5.69 Å². The molecule has 3 rings (SSSR count). The molecule has 0 unspecified atom stereocenters. The van der Waals surface area contributed by atoms with Crippen molar-refractivity contribution >= 4 is 33.4 Å². The molecule has 1 aliphatic rings. The third-order valence-corrected chi connectivity index (χ3v) is 4.99. The highest BCUT2D eigenvalue weighted by atomic mass is 79.9. The fourth-order valence-electron chi connectivity index (χ4n) is 2.81.